The third-order valence-corrected chi connectivity index (χ3v) is 0.759. The lowest BCUT2D eigenvalue weighted by atomic mass is 10.6. The highest BCUT2D eigenvalue weighted by Gasteiger charge is 1.63. The summed E-state index contributed by atoms with van der Waals surface area (Å²) in [5.74, 6) is 0. The standard InChI is InChI=1S/C4H6O2S/c1-2-3-4-7(5)6/h2-4,7H,1H2. The van der Waals surface area contributed by atoms with Crippen LogP contribution in [0, 0.1) is 0 Å². The summed E-state index contributed by atoms with van der Waals surface area (Å²) in [5, 5.41) is 1.06. The molecule has 0 saturated heterocycles. The van der Waals surface area contributed by atoms with Crippen LogP contribution >= 0.6 is 0 Å². The van der Waals surface area contributed by atoms with Crippen LogP contribution in [-0.2, 0) is 10.7 Å². The van der Waals surface area contributed by atoms with E-state index in [1.165, 1.54) is 12.2 Å². The molecule has 0 amide bonds. The zero-order valence-corrected chi connectivity index (χ0v) is 4.60. The Morgan fingerprint density at radius 2 is 2.00 bits per heavy atom. The molecule has 0 rings (SSSR count). The molecule has 7 heavy (non-hydrogen) atoms. The third kappa shape index (κ3) is 5.43. The molecule has 0 aliphatic carbocycles. The maximum Gasteiger partial charge on any atom is 0.161 e. The van der Waals surface area contributed by atoms with Crippen LogP contribution in [0.5, 0.6) is 0 Å². The summed E-state index contributed by atoms with van der Waals surface area (Å²) in [6.07, 6.45) is 2.77. The van der Waals surface area contributed by atoms with Gasteiger partial charge < -0.3 is 0 Å². The second-order valence-electron chi connectivity index (χ2n) is 0.863. The van der Waals surface area contributed by atoms with E-state index in [9.17, 15) is 8.42 Å². The highest BCUT2D eigenvalue weighted by molar-refractivity contribution is 7.75. The summed E-state index contributed by atoms with van der Waals surface area (Å²) < 4.78 is 19.3. The molecule has 0 N–H and O–H groups in total. The van der Waals surface area contributed by atoms with Gasteiger partial charge in [0.1, 0.15) is 0 Å². The molecule has 0 atom stereocenters. The second kappa shape index (κ2) is 3.61. The maximum atomic E-state index is 9.66. The van der Waals surface area contributed by atoms with E-state index in [-0.39, 0.29) is 0 Å². The first-order chi connectivity index (χ1) is 3.27. The highest BCUT2D eigenvalue weighted by Crippen LogP contribution is 1.69. The normalized spacial score (nSPS) is 10.4. The number of rotatable bonds is 2. The molecule has 0 radical (unpaired) electrons. The molecule has 0 aromatic heterocycles. The van der Waals surface area contributed by atoms with Gasteiger partial charge in [0.2, 0.25) is 0 Å². The first kappa shape index (κ1) is 6.43. The minimum Gasteiger partial charge on any atom is -0.227 e. The quantitative estimate of drug-likeness (QED) is 0.418. The van der Waals surface area contributed by atoms with Crippen molar-refractivity contribution in [2.75, 3.05) is 0 Å². The molecular formula is C4H6O2S. The molecule has 0 aromatic rings. The van der Waals surface area contributed by atoms with Crippen molar-refractivity contribution in [3.8, 4) is 0 Å². The molecule has 0 saturated carbocycles. The monoisotopic (exact) mass is 118 g/mol. The van der Waals surface area contributed by atoms with E-state index >= 15 is 0 Å². The van der Waals surface area contributed by atoms with E-state index in [2.05, 4.69) is 6.58 Å². The van der Waals surface area contributed by atoms with Gasteiger partial charge in [-0.2, -0.15) is 0 Å². The fourth-order valence-corrected chi connectivity index (χ4v) is 0.393. The average molecular weight is 118 g/mol. The minimum atomic E-state index is -2.36. The van der Waals surface area contributed by atoms with Crippen LogP contribution in [0.3, 0.4) is 0 Å². The van der Waals surface area contributed by atoms with Crippen LogP contribution in [0.1, 0.15) is 0 Å². The van der Waals surface area contributed by atoms with Gasteiger partial charge in [-0.15, -0.1) is 0 Å². The molecule has 0 spiro atoms. The van der Waals surface area contributed by atoms with Crippen LogP contribution < -0.4 is 0 Å². The van der Waals surface area contributed by atoms with E-state index in [1.807, 2.05) is 0 Å². The fourth-order valence-electron chi connectivity index (χ4n) is 0.131. The smallest absolute Gasteiger partial charge is 0.161 e. The van der Waals surface area contributed by atoms with Gasteiger partial charge in [0, 0.05) is 5.41 Å². The van der Waals surface area contributed by atoms with Gasteiger partial charge in [-0.3, -0.25) is 0 Å². The van der Waals surface area contributed by atoms with Crippen molar-refractivity contribution in [1.29, 1.82) is 0 Å². The Hall–Kier alpha value is -0.570. The molecule has 0 fully saturated rings. The summed E-state index contributed by atoms with van der Waals surface area (Å²) in [7, 11) is -2.36. The van der Waals surface area contributed by atoms with Crippen molar-refractivity contribution in [3.63, 3.8) is 0 Å². The maximum absolute atomic E-state index is 9.66. The van der Waals surface area contributed by atoms with Crippen molar-refractivity contribution in [2.45, 2.75) is 0 Å². The highest BCUT2D eigenvalue weighted by atomic mass is 32.2. The van der Waals surface area contributed by atoms with Crippen LogP contribution in [0.4, 0.5) is 0 Å². The predicted octanol–water partition coefficient (Wildman–Crippen LogP) is 0.298. The Balaban J connectivity index is 3.69. The van der Waals surface area contributed by atoms with E-state index in [0.29, 0.717) is 0 Å². The number of allylic oxidation sites excluding steroid dienone is 2. The molecule has 2 nitrogen and oxygen atoms in total. The SMILES string of the molecule is C=CC=C[SH](=O)=O. The average Bonchev–Trinajstić information content (AvgIpc) is 1.61. The van der Waals surface area contributed by atoms with E-state index in [1.54, 1.807) is 0 Å². The van der Waals surface area contributed by atoms with Gasteiger partial charge in [0.05, 0.1) is 0 Å². The van der Waals surface area contributed by atoms with Crippen molar-refractivity contribution in [3.05, 3.63) is 24.1 Å². The topological polar surface area (TPSA) is 34.1 Å². The van der Waals surface area contributed by atoms with Gasteiger partial charge in [0.15, 0.2) is 10.7 Å². The van der Waals surface area contributed by atoms with Crippen LogP contribution in [0.2, 0.25) is 0 Å². The predicted molar refractivity (Wildman–Crippen MR) is 29.7 cm³/mol. The van der Waals surface area contributed by atoms with Gasteiger partial charge in [0.25, 0.3) is 0 Å². The summed E-state index contributed by atoms with van der Waals surface area (Å²) >= 11 is 0. The molecule has 0 heterocycles. The summed E-state index contributed by atoms with van der Waals surface area (Å²) in [5.41, 5.74) is 0. The Kier molecular flexibility index (Phi) is 3.32. The van der Waals surface area contributed by atoms with E-state index < -0.39 is 10.7 Å². The summed E-state index contributed by atoms with van der Waals surface area (Å²) in [6.45, 7) is 3.28. The number of hydrogen-bond acceptors (Lipinski definition) is 2. The lowest BCUT2D eigenvalue weighted by Gasteiger charge is -1.61. The molecular weight excluding hydrogens is 112 g/mol. The zero-order valence-electron chi connectivity index (χ0n) is 3.70. The van der Waals surface area contributed by atoms with Crippen molar-refractivity contribution < 1.29 is 8.42 Å². The fraction of sp³-hybridized carbons (Fsp3) is 0. The Morgan fingerprint density at radius 3 is 2.14 bits per heavy atom. The Morgan fingerprint density at radius 1 is 1.43 bits per heavy atom. The zero-order chi connectivity index (χ0) is 5.70. The van der Waals surface area contributed by atoms with Crippen molar-refractivity contribution >= 4 is 10.7 Å². The summed E-state index contributed by atoms with van der Waals surface area (Å²) in [6, 6.07) is 0. The molecule has 40 valence electrons. The molecule has 0 unspecified atom stereocenters. The molecule has 0 bridgehead atoms. The largest absolute Gasteiger partial charge is 0.227 e. The van der Waals surface area contributed by atoms with Gasteiger partial charge in [-0.1, -0.05) is 18.7 Å². The summed E-state index contributed by atoms with van der Waals surface area (Å²) in [4.78, 5) is 0. The van der Waals surface area contributed by atoms with Crippen LogP contribution in [-0.4, -0.2) is 8.42 Å². The van der Waals surface area contributed by atoms with Crippen molar-refractivity contribution in [1.82, 2.24) is 0 Å². The number of hydrogen-bond donors (Lipinski definition) is 1. The molecule has 0 aliphatic rings. The number of thiol groups is 1. The lowest BCUT2D eigenvalue weighted by molar-refractivity contribution is 0.622. The first-order valence-electron chi connectivity index (χ1n) is 1.70. The third-order valence-electron chi connectivity index (χ3n) is 0.344. The minimum absolute atomic E-state index is 1.06. The molecule has 0 aromatic carbocycles. The van der Waals surface area contributed by atoms with Gasteiger partial charge in [-0.25, -0.2) is 8.42 Å². The Bertz CT molecular complexity index is 136. The molecule has 3 heteroatoms. The van der Waals surface area contributed by atoms with Gasteiger partial charge in [-0.05, 0) is 0 Å². The van der Waals surface area contributed by atoms with Crippen molar-refractivity contribution in [2.24, 2.45) is 0 Å². The molecule has 0 aliphatic heterocycles. The van der Waals surface area contributed by atoms with Crippen LogP contribution in [0.25, 0.3) is 0 Å². The second-order valence-corrected chi connectivity index (χ2v) is 1.73. The Labute approximate surface area is 44.1 Å². The lowest BCUT2D eigenvalue weighted by Crippen LogP contribution is -1.59. The van der Waals surface area contributed by atoms with Gasteiger partial charge >= 0.3 is 0 Å². The van der Waals surface area contributed by atoms with E-state index in [4.69, 9.17) is 0 Å². The first-order valence-corrected chi connectivity index (χ1v) is 2.94. The van der Waals surface area contributed by atoms with E-state index in [0.717, 1.165) is 5.41 Å². The van der Waals surface area contributed by atoms with Crippen LogP contribution in [0.15, 0.2) is 24.1 Å².